The van der Waals surface area contributed by atoms with Crippen LogP contribution in [0.3, 0.4) is 0 Å². The van der Waals surface area contributed by atoms with Crippen molar-refractivity contribution < 1.29 is 5.11 Å². The van der Waals surface area contributed by atoms with E-state index in [1.165, 1.54) is 18.4 Å². The molecule has 0 bridgehead atoms. The SMILES string of the molecule is OCc1ccc(CC2CCNCC2)c(Br)c1. The van der Waals surface area contributed by atoms with E-state index in [1.807, 2.05) is 12.1 Å². The van der Waals surface area contributed by atoms with Crippen LogP contribution in [0.2, 0.25) is 0 Å². The highest BCUT2D eigenvalue weighted by molar-refractivity contribution is 9.10. The molecule has 88 valence electrons. The molecule has 0 atom stereocenters. The first-order valence-electron chi connectivity index (χ1n) is 5.88. The average molecular weight is 284 g/mol. The van der Waals surface area contributed by atoms with E-state index >= 15 is 0 Å². The van der Waals surface area contributed by atoms with Crippen LogP contribution in [0.4, 0.5) is 0 Å². The Labute approximate surface area is 105 Å². The van der Waals surface area contributed by atoms with Gasteiger partial charge in [0, 0.05) is 4.47 Å². The summed E-state index contributed by atoms with van der Waals surface area (Å²) in [6.07, 6.45) is 3.69. The highest BCUT2D eigenvalue weighted by atomic mass is 79.9. The molecule has 0 unspecified atom stereocenters. The van der Waals surface area contributed by atoms with Crippen LogP contribution in [-0.2, 0) is 13.0 Å². The van der Waals surface area contributed by atoms with Gasteiger partial charge in [0.05, 0.1) is 6.61 Å². The van der Waals surface area contributed by atoms with Gasteiger partial charge in [-0.1, -0.05) is 28.1 Å². The molecule has 0 radical (unpaired) electrons. The first-order chi connectivity index (χ1) is 7.79. The zero-order valence-electron chi connectivity index (χ0n) is 9.38. The lowest BCUT2D eigenvalue weighted by atomic mass is 9.91. The Bertz CT molecular complexity index is 348. The molecule has 1 heterocycles. The molecule has 0 saturated carbocycles. The summed E-state index contributed by atoms with van der Waals surface area (Å²) in [6.45, 7) is 2.42. The molecule has 0 aromatic heterocycles. The Morgan fingerprint density at radius 1 is 1.31 bits per heavy atom. The number of nitrogens with one attached hydrogen (secondary N) is 1. The van der Waals surface area contributed by atoms with Crippen molar-refractivity contribution in [1.29, 1.82) is 0 Å². The van der Waals surface area contributed by atoms with Gasteiger partial charge in [0.25, 0.3) is 0 Å². The van der Waals surface area contributed by atoms with Crippen molar-refractivity contribution in [1.82, 2.24) is 5.32 Å². The summed E-state index contributed by atoms with van der Waals surface area (Å²) in [6, 6.07) is 6.18. The third-order valence-electron chi connectivity index (χ3n) is 3.27. The van der Waals surface area contributed by atoms with Gasteiger partial charge in [0.2, 0.25) is 0 Å². The normalized spacial score (nSPS) is 17.6. The molecule has 2 nitrogen and oxygen atoms in total. The highest BCUT2D eigenvalue weighted by Crippen LogP contribution is 2.25. The Hall–Kier alpha value is -0.380. The minimum Gasteiger partial charge on any atom is -0.392 e. The van der Waals surface area contributed by atoms with Crippen LogP contribution >= 0.6 is 15.9 Å². The fourth-order valence-electron chi connectivity index (χ4n) is 2.25. The summed E-state index contributed by atoms with van der Waals surface area (Å²) in [5, 5.41) is 12.4. The van der Waals surface area contributed by atoms with Gasteiger partial charge in [-0.15, -0.1) is 0 Å². The van der Waals surface area contributed by atoms with Crippen LogP contribution in [0.1, 0.15) is 24.0 Å². The number of aliphatic hydroxyl groups excluding tert-OH is 1. The number of benzene rings is 1. The molecule has 1 saturated heterocycles. The summed E-state index contributed by atoms with van der Waals surface area (Å²) >= 11 is 3.59. The molecule has 0 spiro atoms. The molecule has 1 aliphatic rings. The summed E-state index contributed by atoms with van der Waals surface area (Å²) in [5.41, 5.74) is 2.34. The van der Waals surface area contributed by atoms with Crippen molar-refractivity contribution >= 4 is 15.9 Å². The largest absolute Gasteiger partial charge is 0.392 e. The van der Waals surface area contributed by atoms with Gasteiger partial charge in [0.15, 0.2) is 0 Å². The van der Waals surface area contributed by atoms with Gasteiger partial charge in [-0.3, -0.25) is 0 Å². The van der Waals surface area contributed by atoms with Crippen molar-refractivity contribution in [2.24, 2.45) is 5.92 Å². The molecule has 0 amide bonds. The molecule has 0 aliphatic carbocycles. The fourth-order valence-corrected chi connectivity index (χ4v) is 2.84. The van der Waals surface area contributed by atoms with Gasteiger partial charge in [-0.25, -0.2) is 0 Å². The van der Waals surface area contributed by atoms with E-state index < -0.39 is 0 Å². The average Bonchev–Trinajstić information content (AvgIpc) is 2.33. The van der Waals surface area contributed by atoms with Gasteiger partial charge >= 0.3 is 0 Å². The van der Waals surface area contributed by atoms with Crippen molar-refractivity contribution in [3.63, 3.8) is 0 Å². The van der Waals surface area contributed by atoms with Gasteiger partial charge < -0.3 is 10.4 Å². The van der Waals surface area contributed by atoms with Crippen LogP contribution in [-0.4, -0.2) is 18.2 Å². The van der Waals surface area contributed by atoms with Crippen molar-refractivity contribution in [3.05, 3.63) is 33.8 Å². The Morgan fingerprint density at radius 2 is 2.06 bits per heavy atom. The Balaban J connectivity index is 2.03. The Morgan fingerprint density at radius 3 is 2.69 bits per heavy atom. The van der Waals surface area contributed by atoms with E-state index in [0.29, 0.717) is 0 Å². The van der Waals surface area contributed by atoms with Gasteiger partial charge in [-0.05, 0) is 55.5 Å². The third-order valence-corrected chi connectivity index (χ3v) is 4.01. The lowest BCUT2D eigenvalue weighted by Gasteiger charge is -2.23. The van der Waals surface area contributed by atoms with E-state index in [1.54, 1.807) is 0 Å². The van der Waals surface area contributed by atoms with Crippen LogP contribution < -0.4 is 5.32 Å². The highest BCUT2D eigenvalue weighted by Gasteiger charge is 2.14. The standard InChI is InChI=1S/C13H18BrNO/c14-13-8-11(9-16)1-2-12(13)7-10-3-5-15-6-4-10/h1-2,8,10,15-16H,3-7,9H2. The summed E-state index contributed by atoms with van der Waals surface area (Å²) < 4.78 is 1.14. The number of hydrogen-bond acceptors (Lipinski definition) is 2. The molecule has 1 aliphatic heterocycles. The molecule has 1 aromatic rings. The third kappa shape index (κ3) is 3.06. The summed E-state index contributed by atoms with van der Waals surface area (Å²) in [5.74, 6) is 0.803. The van der Waals surface area contributed by atoms with Gasteiger partial charge in [0.1, 0.15) is 0 Å². The molecule has 2 N–H and O–H groups in total. The van der Waals surface area contributed by atoms with Crippen LogP contribution in [0.5, 0.6) is 0 Å². The maximum atomic E-state index is 9.05. The van der Waals surface area contributed by atoms with E-state index in [0.717, 1.165) is 35.5 Å². The van der Waals surface area contributed by atoms with E-state index in [4.69, 9.17) is 5.11 Å². The number of halogens is 1. The number of hydrogen-bond donors (Lipinski definition) is 2. The second-order valence-electron chi connectivity index (χ2n) is 4.48. The van der Waals surface area contributed by atoms with Crippen molar-refractivity contribution in [2.45, 2.75) is 25.9 Å². The summed E-state index contributed by atoms with van der Waals surface area (Å²) in [7, 11) is 0. The first kappa shape index (κ1) is 12.1. The Kier molecular flexibility index (Phi) is 4.38. The lowest BCUT2D eigenvalue weighted by molar-refractivity contribution is 0.281. The van der Waals surface area contributed by atoms with Crippen LogP contribution in [0.15, 0.2) is 22.7 Å². The zero-order chi connectivity index (χ0) is 11.4. The monoisotopic (exact) mass is 283 g/mol. The molecular formula is C13H18BrNO. The second kappa shape index (κ2) is 5.80. The van der Waals surface area contributed by atoms with Crippen LogP contribution in [0, 0.1) is 5.92 Å². The number of piperidine rings is 1. The van der Waals surface area contributed by atoms with Crippen molar-refractivity contribution in [2.75, 3.05) is 13.1 Å². The molecular weight excluding hydrogens is 266 g/mol. The van der Waals surface area contributed by atoms with Crippen molar-refractivity contribution in [3.8, 4) is 0 Å². The van der Waals surface area contributed by atoms with Crippen LogP contribution in [0.25, 0.3) is 0 Å². The molecule has 1 aromatic carbocycles. The maximum Gasteiger partial charge on any atom is 0.0682 e. The predicted octanol–water partition coefficient (Wildman–Crippen LogP) is 2.48. The minimum atomic E-state index is 0.117. The zero-order valence-corrected chi connectivity index (χ0v) is 11.0. The first-order valence-corrected chi connectivity index (χ1v) is 6.68. The predicted molar refractivity (Wildman–Crippen MR) is 69.4 cm³/mol. The molecule has 16 heavy (non-hydrogen) atoms. The molecule has 1 fully saturated rings. The second-order valence-corrected chi connectivity index (χ2v) is 5.34. The minimum absolute atomic E-state index is 0.117. The van der Waals surface area contributed by atoms with E-state index in [2.05, 4.69) is 27.3 Å². The quantitative estimate of drug-likeness (QED) is 0.893. The van der Waals surface area contributed by atoms with E-state index in [-0.39, 0.29) is 6.61 Å². The molecule has 3 heteroatoms. The fraction of sp³-hybridized carbons (Fsp3) is 0.538. The molecule has 2 rings (SSSR count). The smallest absolute Gasteiger partial charge is 0.0682 e. The summed E-state index contributed by atoms with van der Waals surface area (Å²) in [4.78, 5) is 0. The number of rotatable bonds is 3. The topological polar surface area (TPSA) is 32.3 Å². The number of aliphatic hydroxyl groups is 1. The van der Waals surface area contributed by atoms with Gasteiger partial charge in [-0.2, -0.15) is 0 Å². The maximum absolute atomic E-state index is 9.05. The van der Waals surface area contributed by atoms with E-state index in [9.17, 15) is 0 Å². The lowest BCUT2D eigenvalue weighted by Crippen LogP contribution is -2.28.